The number of nitrogens with one attached hydrogen (secondary N) is 1. The molecule has 1 N–H and O–H groups in total. The second-order valence-corrected chi connectivity index (χ2v) is 4.82. The summed E-state index contributed by atoms with van der Waals surface area (Å²) in [4.78, 5) is 7.24. The van der Waals surface area contributed by atoms with E-state index in [-0.39, 0.29) is 0 Å². The third kappa shape index (κ3) is 2.82. The quantitative estimate of drug-likeness (QED) is 0.841. The average Bonchev–Trinajstić information content (AvgIpc) is 2.69. The summed E-state index contributed by atoms with van der Waals surface area (Å²) in [6, 6.07) is 4.06. The Morgan fingerprint density at radius 3 is 2.94 bits per heavy atom. The molecule has 0 bridgehead atoms. The molecule has 2 aromatic rings. The van der Waals surface area contributed by atoms with Gasteiger partial charge in [-0.2, -0.15) is 0 Å². The maximum Gasteiger partial charge on any atom is 0.177 e. The Kier molecular flexibility index (Phi) is 3.74. The first-order valence-corrected chi connectivity index (χ1v) is 6.26. The summed E-state index contributed by atoms with van der Waals surface area (Å²) < 4.78 is 2.98. The molecule has 0 fully saturated rings. The van der Waals surface area contributed by atoms with Crippen molar-refractivity contribution in [1.82, 2.24) is 14.5 Å². The lowest BCUT2D eigenvalue weighted by Crippen LogP contribution is -2.07. The van der Waals surface area contributed by atoms with Crippen LogP contribution in [0.2, 0.25) is 0 Å². The molecule has 2 aromatic heterocycles. The normalized spacial score (nSPS) is 11.0. The lowest BCUT2D eigenvalue weighted by atomic mass is 10.1. The second kappa shape index (κ2) is 5.27. The van der Waals surface area contributed by atoms with Crippen LogP contribution < -0.4 is 0 Å². The van der Waals surface area contributed by atoms with E-state index in [1.54, 1.807) is 6.20 Å². The van der Waals surface area contributed by atoms with Crippen molar-refractivity contribution < 1.29 is 0 Å². The van der Waals surface area contributed by atoms with Gasteiger partial charge in [0, 0.05) is 30.8 Å². The predicted octanol–water partition coefficient (Wildman–Crippen LogP) is 3.31. The van der Waals surface area contributed by atoms with Gasteiger partial charge in [-0.25, -0.2) is 0 Å². The van der Waals surface area contributed by atoms with E-state index in [1.807, 2.05) is 18.5 Å². The highest BCUT2D eigenvalue weighted by atomic mass is 32.1. The van der Waals surface area contributed by atoms with Crippen LogP contribution in [-0.4, -0.2) is 14.5 Å². The van der Waals surface area contributed by atoms with E-state index in [2.05, 4.69) is 34.4 Å². The number of aromatic nitrogens is 3. The maximum atomic E-state index is 5.30. The van der Waals surface area contributed by atoms with Crippen molar-refractivity contribution in [1.29, 1.82) is 0 Å². The van der Waals surface area contributed by atoms with E-state index in [0.717, 1.165) is 17.7 Å². The summed E-state index contributed by atoms with van der Waals surface area (Å²) >= 11 is 5.30. The first-order chi connectivity index (χ1) is 8.18. The number of nitrogens with zero attached hydrogens (tertiary/aromatic N) is 2. The highest BCUT2D eigenvalue weighted by Gasteiger charge is 2.07. The zero-order valence-electron chi connectivity index (χ0n) is 10.2. The molecule has 0 spiro atoms. The molecule has 0 amide bonds. The number of H-pyrrole nitrogens is 1. The van der Waals surface area contributed by atoms with Gasteiger partial charge in [-0.05, 0) is 36.2 Å². The summed E-state index contributed by atoms with van der Waals surface area (Å²) in [5, 5.41) is 0. The van der Waals surface area contributed by atoms with Gasteiger partial charge in [0.2, 0.25) is 0 Å². The Bertz CT molecular complexity index is 525. The summed E-state index contributed by atoms with van der Waals surface area (Å²) in [5.74, 6) is 0.483. The van der Waals surface area contributed by atoms with Crippen LogP contribution in [0, 0.1) is 4.77 Å². The molecule has 2 heterocycles. The zero-order chi connectivity index (χ0) is 12.3. The zero-order valence-corrected chi connectivity index (χ0v) is 11.0. The van der Waals surface area contributed by atoms with Crippen LogP contribution in [0.25, 0.3) is 0 Å². The fourth-order valence-electron chi connectivity index (χ4n) is 1.90. The Balaban J connectivity index is 2.14. The van der Waals surface area contributed by atoms with Crippen LogP contribution in [0.3, 0.4) is 0 Å². The van der Waals surface area contributed by atoms with Crippen LogP contribution in [0.15, 0.2) is 30.7 Å². The molecule has 17 heavy (non-hydrogen) atoms. The van der Waals surface area contributed by atoms with E-state index in [9.17, 15) is 0 Å². The first kappa shape index (κ1) is 12.0. The minimum Gasteiger partial charge on any atom is -0.337 e. The summed E-state index contributed by atoms with van der Waals surface area (Å²) in [5.41, 5.74) is 2.50. The monoisotopic (exact) mass is 247 g/mol. The molecule has 0 saturated carbocycles. The number of rotatable bonds is 4. The number of aryl methyl sites for hydroxylation is 1. The molecule has 0 aliphatic heterocycles. The third-order valence-corrected chi connectivity index (χ3v) is 3.18. The van der Waals surface area contributed by atoms with Gasteiger partial charge in [-0.15, -0.1) is 0 Å². The second-order valence-electron chi connectivity index (χ2n) is 4.44. The highest BCUT2D eigenvalue weighted by Crippen LogP contribution is 2.15. The molecule has 0 aromatic carbocycles. The molecule has 0 radical (unpaired) electrons. The molecule has 0 aliphatic carbocycles. The molecule has 4 heteroatoms. The molecule has 0 saturated heterocycles. The van der Waals surface area contributed by atoms with Crippen molar-refractivity contribution >= 4 is 12.2 Å². The van der Waals surface area contributed by atoms with Crippen LogP contribution in [0.4, 0.5) is 0 Å². The summed E-state index contributed by atoms with van der Waals surface area (Å²) in [7, 11) is 0. The van der Waals surface area contributed by atoms with E-state index < -0.39 is 0 Å². The van der Waals surface area contributed by atoms with Crippen molar-refractivity contribution in [2.75, 3.05) is 0 Å². The Morgan fingerprint density at radius 2 is 2.29 bits per heavy atom. The van der Waals surface area contributed by atoms with Crippen molar-refractivity contribution in [3.63, 3.8) is 0 Å². The van der Waals surface area contributed by atoms with E-state index in [4.69, 9.17) is 12.2 Å². The van der Waals surface area contributed by atoms with Crippen LogP contribution in [-0.2, 0) is 13.0 Å². The molecule has 2 rings (SSSR count). The van der Waals surface area contributed by atoms with Crippen LogP contribution >= 0.6 is 12.2 Å². The van der Waals surface area contributed by atoms with Crippen molar-refractivity contribution in [3.8, 4) is 0 Å². The molecular weight excluding hydrogens is 230 g/mol. The molecule has 90 valence electrons. The number of hydrogen-bond acceptors (Lipinski definition) is 2. The van der Waals surface area contributed by atoms with Gasteiger partial charge >= 0.3 is 0 Å². The molecule has 0 aliphatic rings. The molecule has 0 atom stereocenters. The van der Waals surface area contributed by atoms with Crippen molar-refractivity contribution in [3.05, 3.63) is 46.8 Å². The van der Waals surface area contributed by atoms with Crippen molar-refractivity contribution in [2.45, 2.75) is 32.7 Å². The Labute approximate surface area is 107 Å². The number of pyridine rings is 1. The first-order valence-electron chi connectivity index (χ1n) is 5.85. The molecule has 3 nitrogen and oxygen atoms in total. The smallest absolute Gasteiger partial charge is 0.177 e. The van der Waals surface area contributed by atoms with E-state index in [0.29, 0.717) is 5.92 Å². The molecular formula is C13H17N3S. The Morgan fingerprint density at radius 1 is 1.47 bits per heavy atom. The number of imidazole rings is 1. The van der Waals surface area contributed by atoms with Gasteiger partial charge in [0.15, 0.2) is 4.77 Å². The molecule has 0 unspecified atom stereocenters. The van der Waals surface area contributed by atoms with Crippen LogP contribution in [0.1, 0.15) is 31.0 Å². The fourth-order valence-corrected chi connectivity index (χ4v) is 2.16. The minimum atomic E-state index is 0.483. The van der Waals surface area contributed by atoms with Gasteiger partial charge in [-0.1, -0.05) is 19.9 Å². The van der Waals surface area contributed by atoms with Gasteiger partial charge in [0.05, 0.1) is 0 Å². The minimum absolute atomic E-state index is 0.483. The highest BCUT2D eigenvalue weighted by molar-refractivity contribution is 7.71. The Hall–Kier alpha value is -1.42. The lowest BCUT2D eigenvalue weighted by Gasteiger charge is -2.10. The SMILES string of the molecule is CC(C)c1c[nH]c(=S)n1CCc1cccnc1. The predicted molar refractivity (Wildman–Crippen MR) is 71.6 cm³/mol. The van der Waals surface area contributed by atoms with Gasteiger partial charge < -0.3 is 9.55 Å². The average molecular weight is 247 g/mol. The summed E-state index contributed by atoms with van der Waals surface area (Å²) in [6.45, 7) is 5.26. The van der Waals surface area contributed by atoms with Crippen LogP contribution in [0.5, 0.6) is 0 Å². The maximum absolute atomic E-state index is 5.30. The fraction of sp³-hybridized carbons (Fsp3) is 0.385. The number of aromatic amines is 1. The van der Waals surface area contributed by atoms with Gasteiger partial charge in [0.1, 0.15) is 0 Å². The van der Waals surface area contributed by atoms with Crippen molar-refractivity contribution in [2.24, 2.45) is 0 Å². The lowest BCUT2D eigenvalue weighted by molar-refractivity contribution is 0.626. The van der Waals surface area contributed by atoms with Gasteiger partial charge in [0.25, 0.3) is 0 Å². The third-order valence-electron chi connectivity index (χ3n) is 2.84. The van der Waals surface area contributed by atoms with Gasteiger partial charge in [-0.3, -0.25) is 4.98 Å². The van der Waals surface area contributed by atoms with E-state index in [1.165, 1.54) is 11.3 Å². The summed E-state index contributed by atoms with van der Waals surface area (Å²) in [6.07, 6.45) is 6.67. The number of hydrogen-bond donors (Lipinski definition) is 1. The topological polar surface area (TPSA) is 33.6 Å². The largest absolute Gasteiger partial charge is 0.337 e. The standard InChI is InChI=1S/C13H17N3S/c1-10(2)12-9-15-13(17)16(12)7-5-11-4-3-6-14-8-11/h3-4,6,8-10H,5,7H2,1-2H3,(H,15,17). The van der Waals surface area contributed by atoms with E-state index >= 15 is 0 Å².